The standard InChI is InChI=1S/C28H25FN6O2/c1-2-37-24-11-25(28-20(12-30)14-32-34(28)17-24)19-5-8-26(31-13-19)33-15-22-10-23(16-33)35(22)27(36)9-18-3-6-21(29)7-4-18/h3-8,11,13-14,17,22-23H,2,9-10,15-16H2,1H3. The van der Waals surface area contributed by atoms with Crippen LogP contribution in [0.15, 0.2) is 61.1 Å². The highest BCUT2D eigenvalue weighted by molar-refractivity contribution is 5.85. The van der Waals surface area contributed by atoms with Crippen LogP contribution in [0.25, 0.3) is 16.6 Å². The minimum Gasteiger partial charge on any atom is -0.492 e. The minimum absolute atomic E-state index is 0.0862. The van der Waals surface area contributed by atoms with Gasteiger partial charge < -0.3 is 14.5 Å². The quantitative estimate of drug-likeness (QED) is 0.403. The summed E-state index contributed by atoms with van der Waals surface area (Å²) in [4.78, 5) is 21.8. The minimum atomic E-state index is -0.298. The number of hydrogen-bond acceptors (Lipinski definition) is 6. The Morgan fingerprint density at radius 2 is 1.95 bits per heavy atom. The molecule has 6 heterocycles. The van der Waals surface area contributed by atoms with Crippen LogP contribution >= 0.6 is 0 Å². The second kappa shape index (κ2) is 9.21. The van der Waals surface area contributed by atoms with E-state index >= 15 is 0 Å². The van der Waals surface area contributed by atoms with Crippen molar-refractivity contribution in [2.24, 2.45) is 0 Å². The Labute approximate surface area is 213 Å². The zero-order chi connectivity index (χ0) is 25.5. The van der Waals surface area contributed by atoms with Gasteiger partial charge in [0.15, 0.2) is 0 Å². The lowest BCUT2D eigenvalue weighted by Gasteiger charge is -2.56. The first-order chi connectivity index (χ1) is 18.0. The van der Waals surface area contributed by atoms with Gasteiger partial charge in [0.25, 0.3) is 0 Å². The monoisotopic (exact) mass is 496 g/mol. The SMILES string of the molecule is CCOc1cc(-c2ccc(N3CC4CC(C3)N4C(=O)Cc3ccc(F)cc3)nc2)c2c(C#N)cnn2c1. The molecule has 2 bridgehead atoms. The van der Waals surface area contributed by atoms with Gasteiger partial charge in [0.1, 0.15) is 23.5 Å². The Bertz CT molecular complexity index is 1500. The average molecular weight is 497 g/mol. The Kier molecular flexibility index (Phi) is 5.72. The second-order valence-electron chi connectivity index (χ2n) is 9.44. The summed E-state index contributed by atoms with van der Waals surface area (Å²) in [7, 11) is 0. The van der Waals surface area contributed by atoms with Crippen LogP contribution in [0.4, 0.5) is 10.2 Å². The first kappa shape index (κ1) is 23.0. The number of piperidine rings is 1. The summed E-state index contributed by atoms with van der Waals surface area (Å²) in [5, 5.41) is 13.9. The Morgan fingerprint density at radius 3 is 2.62 bits per heavy atom. The van der Waals surface area contributed by atoms with Gasteiger partial charge in [0.2, 0.25) is 5.91 Å². The van der Waals surface area contributed by atoms with Gasteiger partial charge in [-0.05, 0) is 49.2 Å². The third-order valence-corrected chi connectivity index (χ3v) is 7.15. The summed E-state index contributed by atoms with van der Waals surface area (Å²) in [6, 6.07) is 14.5. The van der Waals surface area contributed by atoms with Crippen molar-refractivity contribution in [1.29, 1.82) is 5.26 Å². The van der Waals surface area contributed by atoms with E-state index in [4.69, 9.17) is 9.72 Å². The van der Waals surface area contributed by atoms with Crippen molar-refractivity contribution in [2.45, 2.75) is 31.8 Å². The molecule has 8 nitrogen and oxygen atoms in total. The lowest BCUT2D eigenvalue weighted by atomic mass is 9.86. The lowest BCUT2D eigenvalue weighted by molar-refractivity contribution is -0.145. The number of aromatic nitrogens is 3. The van der Waals surface area contributed by atoms with E-state index in [2.05, 4.69) is 16.1 Å². The number of hydrogen-bond donors (Lipinski definition) is 0. The molecule has 0 N–H and O–H groups in total. The predicted molar refractivity (Wildman–Crippen MR) is 136 cm³/mol. The number of pyridine rings is 2. The fourth-order valence-electron chi connectivity index (χ4n) is 5.45. The fraction of sp³-hybridized carbons (Fsp3) is 0.286. The molecule has 0 aliphatic carbocycles. The summed E-state index contributed by atoms with van der Waals surface area (Å²) in [6.45, 7) is 3.90. The maximum Gasteiger partial charge on any atom is 0.227 e. The van der Waals surface area contributed by atoms with E-state index in [9.17, 15) is 14.4 Å². The number of amides is 1. The number of piperazine rings is 1. The maximum absolute atomic E-state index is 13.2. The number of nitriles is 1. The smallest absolute Gasteiger partial charge is 0.227 e. The summed E-state index contributed by atoms with van der Waals surface area (Å²) in [5.41, 5.74) is 3.73. The molecule has 0 radical (unpaired) electrons. The van der Waals surface area contributed by atoms with E-state index in [1.165, 1.54) is 12.1 Å². The van der Waals surface area contributed by atoms with Crippen molar-refractivity contribution in [3.8, 4) is 22.9 Å². The van der Waals surface area contributed by atoms with Gasteiger partial charge in [-0.3, -0.25) is 4.79 Å². The number of halogens is 1. The summed E-state index contributed by atoms with van der Waals surface area (Å²) in [5.74, 6) is 1.31. The van der Waals surface area contributed by atoms with Gasteiger partial charge in [0, 0.05) is 30.4 Å². The van der Waals surface area contributed by atoms with Crippen LogP contribution in [0.5, 0.6) is 5.75 Å². The van der Waals surface area contributed by atoms with Crippen molar-refractivity contribution < 1.29 is 13.9 Å². The number of carbonyl (C=O) groups excluding carboxylic acids is 1. The summed E-state index contributed by atoms with van der Waals surface area (Å²) >= 11 is 0. The second-order valence-corrected chi connectivity index (χ2v) is 9.44. The molecule has 1 aromatic carbocycles. The highest BCUT2D eigenvalue weighted by atomic mass is 19.1. The number of benzene rings is 1. The Hall–Kier alpha value is -4.45. The topological polar surface area (TPSA) is 86.8 Å². The van der Waals surface area contributed by atoms with Crippen molar-refractivity contribution in [1.82, 2.24) is 19.5 Å². The molecule has 7 rings (SSSR count). The van der Waals surface area contributed by atoms with Crippen LogP contribution in [0.1, 0.15) is 24.5 Å². The molecule has 3 aromatic heterocycles. The molecule has 4 aromatic rings. The number of anilines is 1. The van der Waals surface area contributed by atoms with Crippen LogP contribution in [-0.4, -0.2) is 57.2 Å². The van der Waals surface area contributed by atoms with Crippen LogP contribution < -0.4 is 9.64 Å². The van der Waals surface area contributed by atoms with Crippen LogP contribution in [-0.2, 0) is 11.2 Å². The van der Waals surface area contributed by atoms with Crippen LogP contribution in [0.3, 0.4) is 0 Å². The van der Waals surface area contributed by atoms with Gasteiger partial charge in [-0.25, -0.2) is 13.9 Å². The van der Waals surface area contributed by atoms with Gasteiger partial charge in [-0.15, -0.1) is 0 Å². The van der Waals surface area contributed by atoms with Crippen molar-refractivity contribution >= 4 is 17.2 Å². The summed E-state index contributed by atoms with van der Waals surface area (Å²) < 4.78 is 20.6. The molecule has 2 atom stereocenters. The molecule has 186 valence electrons. The molecule has 0 saturated carbocycles. The molecule has 9 heteroatoms. The van der Waals surface area contributed by atoms with E-state index in [1.54, 1.807) is 29.0 Å². The molecule has 3 fully saturated rings. The largest absolute Gasteiger partial charge is 0.492 e. The zero-order valence-electron chi connectivity index (χ0n) is 20.3. The van der Waals surface area contributed by atoms with Crippen LogP contribution in [0.2, 0.25) is 0 Å². The highest BCUT2D eigenvalue weighted by Crippen LogP contribution is 2.36. The molecular weight excluding hydrogens is 471 g/mol. The lowest BCUT2D eigenvalue weighted by Crippen LogP contribution is -2.70. The van der Waals surface area contributed by atoms with E-state index in [1.807, 2.05) is 36.2 Å². The number of fused-ring (bicyclic) bond motifs is 3. The van der Waals surface area contributed by atoms with Crippen molar-refractivity contribution in [2.75, 3.05) is 24.6 Å². The normalized spacial score (nSPS) is 18.4. The van der Waals surface area contributed by atoms with E-state index in [-0.39, 0.29) is 30.2 Å². The van der Waals surface area contributed by atoms with E-state index < -0.39 is 0 Å². The summed E-state index contributed by atoms with van der Waals surface area (Å²) in [6.07, 6.45) is 6.42. The van der Waals surface area contributed by atoms with Gasteiger partial charge in [-0.1, -0.05) is 12.1 Å². The zero-order valence-corrected chi connectivity index (χ0v) is 20.3. The predicted octanol–water partition coefficient (Wildman–Crippen LogP) is 3.84. The maximum atomic E-state index is 13.2. The average Bonchev–Trinajstić information content (AvgIpc) is 3.33. The molecule has 37 heavy (non-hydrogen) atoms. The van der Waals surface area contributed by atoms with Crippen molar-refractivity contribution in [3.05, 3.63) is 78.0 Å². The third kappa shape index (κ3) is 4.14. The Morgan fingerprint density at radius 1 is 1.16 bits per heavy atom. The molecule has 1 amide bonds. The molecular formula is C28H25FN6O2. The first-order valence-electron chi connectivity index (χ1n) is 12.4. The highest BCUT2D eigenvalue weighted by Gasteiger charge is 2.47. The number of nitrogens with zero attached hydrogens (tertiary/aromatic N) is 6. The fourth-order valence-corrected chi connectivity index (χ4v) is 5.45. The third-order valence-electron chi connectivity index (χ3n) is 7.15. The molecule has 3 saturated heterocycles. The van der Waals surface area contributed by atoms with E-state index in [0.717, 1.165) is 47.5 Å². The first-order valence-corrected chi connectivity index (χ1v) is 12.4. The van der Waals surface area contributed by atoms with Gasteiger partial charge >= 0.3 is 0 Å². The molecule has 0 spiro atoms. The van der Waals surface area contributed by atoms with Gasteiger partial charge in [-0.2, -0.15) is 10.4 Å². The molecule has 2 unspecified atom stereocenters. The molecule has 3 aliphatic heterocycles. The number of carbonyl (C=O) groups is 1. The van der Waals surface area contributed by atoms with Crippen molar-refractivity contribution in [3.63, 3.8) is 0 Å². The number of rotatable bonds is 6. The number of ether oxygens (including phenoxy) is 1. The van der Waals surface area contributed by atoms with E-state index in [0.29, 0.717) is 17.9 Å². The Balaban J connectivity index is 1.19. The van der Waals surface area contributed by atoms with Gasteiger partial charge in [0.05, 0.1) is 48.6 Å². The van der Waals surface area contributed by atoms with Crippen LogP contribution in [0, 0.1) is 17.1 Å². The molecule has 3 aliphatic rings.